The highest BCUT2D eigenvalue weighted by Crippen LogP contribution is 2.27. The Morgan fingerprint density at radius 3 is 2.89 bits per heavy atom. The number of nitrogens with one attached hydrogen (secondary N) is 1. The average Bonchev–Trinajstić information content (AvgIpc) is 3.10. The van der Waals surface area contributed by atoms with Crippen molar-refractivity contribution < 1.29 is 4.39 Å². The molecule has 1 aliphatic rings. The molecule has 0 spiro atoms. The Bertz CT molecular complexity index is 932. The number of halogens is 1. The van der Waals surface area contributed by atoms with Crippen molar-refractivity contribution in [1.82, 2.24) is 24.8 Å². The van der Waals surface area contributed by atoms with E-state index in [1.54, 1.807) is 6.20 Å². The molecule has 6 nitrogen and oxygen atoms in total. The zero-order chi connectivity index (χ0) is 18.6. The summed E-state index contributed by atoms with van der Waals surface area (Å²) in [4.78, 5) is 19.9. The first-order valence-corrected chi connectivity index (χ1v) is 9.02. The van der Waals surface area contributed by atoms with Crippen LogP contribution in [0.2, 0.25) is 0 Å². The van der Waals surface area contributed by atoms with Crippen molar-refractivity contribution in [3.05, 3.63) is 71.7 Å². The van der Waals surface area contributed by atoms with Crippen LogP contribution in [-0.2, 0) is 6.54 Å². The van der Waals surface area contributed by atoms with Crippen LogP contribution >= 0.6 is 0 Å². The molecular weight excluding hydrogens is 343 g/mol. The van der Waals surface area contributed by atoms with Crippen molar-refractivity contribution in [1.29, 1.82) is 0 Å². The van der Waals surface area contributed by atoms with Crippen molar-refractivity contribution in [2.24, 2.45) is 0 Å². The molecule has 0 unspecified atom stereocenters. The van der Waals surface area contributed by atoms with Gasteiger partial charge in [-0.1, -0.05) is 6.07 Å². The number of rotatable bonds is 5. The number of aryl methyl sites for hydroxylation is 1. The van der Waals surface area contributed by atoms with Crippen molar-refractivity contribution in [3.63, 3.8) is 0 Å². The lowest BCUT2D eigenvalue weighted by Crippen LogP contribution is -2.20. The normalized spacial score (nSPS) is 17.2. The molecule has 4 rings (SSSR count). The number of likely N-dealkylation sites (tertiary alicyclic amines) is 1. The Labute approximate surface area is 157 Å². The third-order valence-electron chi connectivity index (χ3n) is 4.66. The van der Waals surface area contributed by atoms with Crippen molar-refractivity contribution in [2.75, 3.05) is 18.4 Å². The minimum Gasteiger partial charge on any atom is -0.309 e. The van der Waals surface area contributed by atoms with Gasteiger partial charge in [0.05, 0.1) is 11.4 Å². The van der Waals surface area contributed by atoms with Gasteiger partial charge in [0.15, 0.2) is 0 Å². The molecule has 1 fully saturated rings. The van der Waals surface area contributed by atoms with Gasteiger partial charge in [0.25, 0.3) is 0 Å². The fourth-order valence-corrected chi connectivity index (χ4v) is 3.38. The lowest BCUT2D eigenvalue weighted by atomic mass is 10.1. The summed E-state index contributed by atoms with van der Waals surface area (Å²) in [5.74, 6) is 0.828. The molecule has 0 amide bonds. The lowest BCUT2D eigenvalue weighted by Gasteiger charge is -2.16. The standard InChI is InChI=1S/C20H21FN6/c1-14-3-2-4-17(24-14)13-27-10-7-15(12-27)18-6-9-23-20(25-18)26-19-11-16(21)5-8-22-19/h2-6,8-9,11,15H,7,10,12-13H2,1H3,(H,22,23,25,26)/t15-/m1/s1. The van der Waals surface area contributed by atoms with Crippen LogP contribution in [0.1, 0.15) is 29.4 Å². The largest absolute Gasteiger partial charge is 0.309 e. The summed E-state index contributed by atoms with van der Waals surface area (Å²) in [6, 6.07) is 10.7. The number of nitrogens with zero attached hydrogens (tertiary/aromatic N) is 5. The van der Waals surface area contributed by atoms with Crippen molar-refractivity contribution in [3.8, 4) is 0 Å². The molecule has 1 atom stereocenters. The Hall–Kier alpha value is -2.93. The van der Waals surface area contributed by atoms with E-state index in [1.807, 2.05) is 25.1 Å². The van der Waals surface area contributed by atoms with Gasteiger partial charge in [0.2, 0.25) is 5.95 Å². The summed E-state index contributed by atoms with van der Waals surface area (Å²) in [5, 5.41) is 2.97. The molecule has 3 aromatic rings. The quantitative estimate of drug-likeness (QED) is 0.748. The SMILES string of the molecule is Cc1cccc(CN2CC[C@@H](c3ccnc(Nc4cc(F)ccn4)n3)C2)n1. The fraction of sp³-hybridized carbons (Fsp3) is 0.300. The molecular formula is C20H21FN6. The number of anilines is 2. The Morgan fingerprint density at radius 2 is 2.04 bits per heavy atom. The minimum atomic E-state index is -0.347. The maximum absolute atomic E-state index is 13.3. The van der Waals surface area contributed by atoms with Crippen LogP contribution in [0.25, 0.3) is 0 Å². The predicted octanol–water partition coefficient (Wildman–Crippen LogP) is 3.45. The number of pyridine rings is 2. The van der Waals surface area contributed by atoms with Gasteiger partial charge in [0, 0.05) is 43.2 Å². The van der Waals surface area contributed by atoms with E-state index in [2.05, 4.69) is 36.2 Å². The van der Waals surface area contributed by atoms with Crippen LogP contribution in [0, 0.1) is 12.7 Å². The second-order valence-corrected chi connectivity index (χ2v) is 6.78. The molecule has 7 heteroatoms. The van der Waals surface area contributed by atoms with Gasteiger partial charge in [-0.2, -0.15) is 0 Å². The van der Waals surface area contributed by atoms with E-state index in [0.29, 0.717) is 17.7 Å². The molecule has 0 saturated carbocycles. The first kappa shape index (κ1) is 17.5. The first-order valence-electron chi connectivity index (χ1n) is 9.02. The topological polar surface area (TPSA) is 66.8 Å². The van der Waals surface area contributed by atoms with E-state index >= 15 is 0 Å². The molecule has 0 bridgehead atoms. The first-order chi connectivity index (χ1) is 13.2. The minimum absolute atomic E-state index is 0.346. The summed E-state index contributed by atoms with van der Waals surface area (Å²) in [7, 11) is 0. The van der Waals surface area contributed by atoms with Crippen LogP contribution in [0.15, 0.2) is 48.8 Å². The zero-order valence-electron chi connectivity index (χ0n) is 15.1. The zero-order valence-corrected chi connectivity index (χ0v) is 15.1. The summed E-state index contributed by atoms with van der Waals surface area (Å²) in [6.45, 7) is 4.81. The number of hydrogen-bond donors (Lipinski definition) is 1. The van der Waals surface area contributed by atoms with Crippen molar-refractivity contribution in [2.45, 2.75) is 25.8 Å². The number of aromatic nitrogens is 4. The van der Waals surface area contributed by atoms with Crippen LogP contribution in [0.4, 0.5) is 16.2 Å². The molecule has 0 aliphatic carbocycles. The summed E-state index contributed by atoms with van der Waals surface area (Å²) >= 11 is 0. The Balaban J connectivity index is 1.42. The highest BCUT2D eigenvalue weighted by Gasteiger charge is 2.25. The molecule has 1 N–H and O–H groups in total. The van der Waals surface area contributed by atoms with Crippen LogP contribution in [-0.4, -0.2) is 37.9 Å². The van der Waals surface area contributed by atoms with Gasteiger partial charge in [-0.3, -0.25) is 9.88 Å². The third kappa shape index (κ3) is 4.43. The van der Waals surface area contributed by atoms with Crippen LogP contribution in [0.5, 0.6) is 0 Å². The van der Waals surface area contributed by atoms with Crippen LogP contribution < -0.4 is 5.32 Å². The molecule has 138 valence electrons. The highest BCUT2D eigenvalue weighted by molar-refractivity contribution is 5.47. The van der Waals surface area contributed by atoms with E-state index in [9.17, 15) is 4.39 Å². The molecule has 1 aliphatic heterocycles. The summed E-state index contributed by atoms with van der Waals surface area (Å²) in [6.07, 6.45) is 4.19. The molecule has 0 aromatic carbocycles. The molecule has 0 radical (unpaired) electrons. The van der Waals surface area contributed by atoms with Gasteiger partial charge in [-0.05, 0) is 44.2 Å². The monoisotopic (exact) mass is 364 g/mol. The Morgan fingerprint density at radius 1 is 1.15 bits per heavy atom. The Kier molecular flexibility index (Phi) is 5.02. The van der Waals surface area contributed by atoms with E-state index in [0.717, 1.165) is 43.1 Å². The second-order valence-electron chi connectivity index (χ2n) is 6.78. The van der Waals surface area contributed by atoms with Gasteiger partial charge >= 0.3 is 0 Å². The highest BCUT2D eigenvalue weighted by atomic mass is 19.1. The smallest absolute Gasteiger partial charge is 0.228 e. The fourth-order valence-electron chi connectivity index (χ4n) is 3.38. The summed E-state index contributed by atoms with van der Waals surface area (Å²) < 4.78 is 13.3. The molecule has 3 aromatic heterocycles. The van der Waals surface area contributed by atoms with Gasteiger partial charge in [0.1, 0.15) is 11.6 Å². The lowest BCUT2D eigenvalue weighted by molar-refractivity contribution is 0.322. The third-order valence-corrected chi connectivity index (χ3v) is 4.66. The van der Waals surface area contributed by atoms with Crippen molar-refractivity contribution >= 4 is 11.8 Å². The summed E-state index contributed by atoms with van der Waals surface area (Å²) in [5.41, 5.74) is 3.13. The number of hydrogen-bond acceptors (Lipinski definition) is 6. The molecule has 4 heterocycles. The average molecular weight is 364 g/mol. The van der Waals surface area contributed by atoms with Gasteiger partial charge < -0.3 is 5.32 Å². The van der Waals surface area contributed by atoms with Gasteiger partial charge in [-0.15, -0.1) is 0 Å². The molecule has 27 heavy (non-hydrogen) atoms. The second kappa shape index (κ2) is 7.75. The van der Waals surface area contributed by atoms with Gasteiger partial charge in [-0.25, -0.2) is 19.3 Å². The molecule has 1 saturated heterocycles. The van der Waals surface area contributed by atoms with Crippen LogP contribution in [0.3, 0.4) is 0 Å². The van der Waals surface area contributed by atoms with E-state index in [1.165, 1.54) is 18.3 Å². The van der Waals surface area contributed by atoms with E-state index in [-0.39, 0.29) is 5.82 Å². The maximum Gasteiger partial charge on any atom is 0.228 e. The maximum atomic E-state index is 13.3. The van der Waals surface area contributed by atoms with E-state index in [4.69, 9.17) is 0 Å². The van der Waals surface area contributed by atoms with E-state index < -0.39 is 0 Å². The predicted molar refractivity (Wildman–Crippen MR) is 101 cm³/mol.